The normalized spacial score (nSPS) is 21.2. The van der Waals surface area contributed by atoms with Crippen molar-refractivity contribution < 1.29 is 9.90 Å². The molecule has 2 aromatic rings. The van der Waals surface area contributed by atoms with Crippen LogP contribution in [0, 0.1) is 5.92 Å². The number of aliphatic hydroxyl groups excluding tert-OH is 1. The van der Waals surface area contributed by atoms with Crippen LogP contribution in [0.1, 0.15) is 16.8 Å². The van der Waals surface area contributed by atoms with Crippen LogP contribution < -0.4 is 5.32 Å². The van der Waals surface area contributed by atoms with Crippen LogP contribution in [0.25, 0.3) is 10.9 Å². The highest BCUT2D eigenvalue weighted by Crippen LogP contribution is 2.18. The molecule has 3 rings (SSSR count). The summed E-state index contributed by atoms with van der Waals surface area (Å²) in [6.07, 6.45) is 6.40. The van der Waals surface area contributed by atoms with Crippen LogP contribution in [0.5, 0.6) is 0 Å². The van der Waals surface area contributed by atoms with Gasteiger partial charge in [-0.1, -0.05) is 18.2 Å². The molecule has 0 saturated carbocycles. The predicted octanol–water partition coefficient (Wildman–Crippen LogP) is 1.90. The molecule has 1 aliphatic carbocycles. The molecule has 0 radical (unpaired) electrons. The van der Waals surface area contributed by atoms with Gasteiger partial charge in [0.25, 0.3) is 5.91 Å². The second-order valence-corrected chi connectivity index (χ2v) is 5.05. The smallest absolute Gasteiger partial charge is 0.251 e. The van der Waals surface area contributed by atoms with E-state index in [0.29, 0.717) is 5.56 Å². The third-order valence-electron chi connectivity index (χ3n) is 3.59. The molecule has 1 aromatic heterocycles. The molecule has 1 heterocycles. The Morgan fingerprint density at radius 2 is 2.25 bits per heavy atom. The van der Waals surface area contributed by atoms with E-state index in [0.717, 1.165) is 17.3 Å². The van der Waals surface area contributed by atoms with Crippen LogP contribution in [0.3, 0.4) is 0 Å². The molecular weight excluding hydrogens is 252 g/mol. The fourth-order valence-electron chi connectivity index (χ4n) is 2.49. The van der Waals surface area contributed by atoms with Gasteiger partial charge in [-0.2, -0.15) is 0 Å². The van der Waals surface area contributed by atoms with Gasteiger partial charge in [0.1, 0.15) is 0 Å². The van der Waals surface area contributed by atoms with E-state index in [9.17, 15) is 4.79 Å². The summed E-state index contributed by atoms with van der Waals surface area (Å²) in [4.78, 5) is 16.4. The van der Waals surface area contributed by atoms with Gasteiger partial charge < -0.3 is 10.4 Å². The van der Waals surface area contributed by atoms with Gasteiger partial charge in [-0.3, -0.25) is 9.78 Å². The van der Waals surface area contributed by atoms with Gasteiger partial charge in [-0.25, -0.2) is 0 Å². The van der Waals surface area contributed by atoms with Crippen molar-refractivity contribution in [2.45, 2.75) is 12.5 Å². The molecular formula is C16H16N2O2. The number of pyridine rings is 1. The van der Waals surface area contributed by atoms with E-state index in [2.05, 4.69) is 10.3 Å². The maximum absolute atomic E-state index is 12.2. The lowest BCUT2D eigenvalue weighted by molar-refractivity contribution is 0.0941. The Morgan fingerprint density at radius 3 is 3.05 bits per heavy atom. The first-order chi connectivity index (χ1) is 9.76. The lowest BCUT2D eigenvalue weighted by atomic mass is 10.1. The van der Waals surface area contributed by atoms with Crippen LogP contribution in [0.15, 0.2) is 48.7 Å². The number of hydrogen-bond acceptors (Lipinski definition) is 3. The summed E-state index contributed by atoms with van der Waals surface area (Å²) >= 11 is 0. The molecule has 0 unspecified atom stereocenters. The number of aliphatic hydroxyl groups is 1. The maximum atomic E-state index is 12.2. The highest BCUT2D eigenvalue weighted by molar-refractivity contribution is 5.98. The second-order valence-electron chi connectivity index (χ2n) is 5.05. The summed E-state index contributed by atoms with van der Waals surface area (Å²) in [6, 6.07) is 9.29. The first kappa shape index (κ1) is 12.8. The van der Waals surface area contributed by atoms with Crippen molar-refractivity contribution in [1.82, 2.24) is 10.3 Å². The van der Waals surface area contributed by atoms with Crippen LogP contribution in [-0.2, 0) is 0 Å². The molecule has 20 heavy (non-hydrogen) atoms. The van der Waals surface area contributed by atoms with Gasteiger partial charge in [0.2, 0.25) is 0 Å². The Morgan fingerprint density at radius 1 is 1.35 bits per heavy atom. The van der Waals surface area contributed by atoms with Gasteiger partial charge in [-0.05, 0) is 30.7 Å². The Labute approximate surface area is 117 Å². The van der Waals surface area contributed by atoms with E-state index in [1.807, 2.05) is 36.4 Å². The highest BCUT2D eigenvalue weighted by Gasteiger charge is 2.20. The minimum absolute atomic E-state index is 0.00393. The number of amides is 1. The zero-order valence-electron chi connectivity index (χ0n) is 11.0. The standard InChI is InChI=1S/C16H16N2O2/c19-10-11-3-5-14(8-11)18-16(20)13-4-6-15-12(9-13)2-1-7-17-15/h1-7,9,11,14,19H,8,10H2,(H,18,20)/t11-,14+/m0/s1. The fourth-order valence-corrected chi connectivity index (χ4v) is 2.49. The van der Waals surface area contributed by atoms with Crippen LogP contribution in [-0.4, -0.2) is 28.6 Å². The Balaban J connectivity index is 1.74. The van der Waals surface area contributed by atoms with Gasteiger partial charge in [0, 0.05) is 35.7 Å². The Hall–Kier alpha value is -2.20. The third-order valence-corrected chi connectivity index (χ3v) is 3.59. The van der Waals surface area contributed by atoms with Crippen molar-refractivity contribution in [3.63, 3.8) is 0 Å². The van der Waals surface area contributed by atoms with E-state index in [4.69, 9.17) is 5.11 Å². The quantitative estimate of drug-likeness (QED) is 0.836. The van der Waals surface area contributed by atoms with Crippen molar-refractivity contribution in [3.05, 3.63) is 54.2 Å². The highest BCUT2D eigenvalue weighted by atomic mass is 16.3. The molecule has 1 aliphatic rings. The van der Waals surface area contributed by atoms with Crippen LogP contribution >= 0.6 is 0 Å². The Kier molecular flexibility index (Phi) is 3.48. The summed E-state index contributed by atoms with van der Waals surface area (Å²) in [6.45, 7) is 0.129. The molecule has 2 atom stereocenters. The molecule has 0 spiro atoms. The van der Waals surface area contributed by atoms with Crippen molar-refractivity contribution in [3.8, 4) is 0 Å². The maximum Gasteiger partial charge on any atom is 0.251 e. The van der Waals surface area contributed by atoms with Gasteiger partial charge in [-0.15, -0.1) is 0 Å². The van der Waals surface area contributed by atoms with Crippen molar-refractivity contribution >= 4 is 16.8 Å². The Bertz CT molecular complexity index is 666. The van der Waals surface area contributed by atoms with Gasteiger partial charge in [0.05, 0.1) is 5.52 Å². The molecule has 1 aromatic carbocycles. The first-order valence-electron chi connectivity index (χ1n) is 6.71. The third kappa shape index (κ3) is 2.56. The number of carbonyl (C=O) groups is 1. The predicted molar refractivity (Wildman–Crippen MR) is 77.3 cm³/mol. The molecule has 4 heteroatoms. The van der Waals surface area contributed by atoms with Crippen LogP contribution in [0.4, 0.5) is 0 Å². The summed E-state index contributed by atoms with van der Waals surface area (Å²) in [5, 5.41) is 13.0. The number of nitrogens with zero attached hydrogens (tertiary/aromatic N) is 1. The molecule has 0 fully saturated rings. The lowest BCUT2D eigenvalue weighted by Crippen LogP contribution is -2.32. The summed E-state index contributed by atoms with van der Waals surface area (Å²) in [7, 11) is 0. The van der Waals surface area contributed by atoms with E-state index >= 15 is 0 Å². The van der Waals surface area contributed by atoms with E-state index < -0.39 is 0 Å². The monoisotopic (exact) mass is 268 g/mol. The van der Waals surface area contributed by atoms with Gasteiger partial charge >= 0.3 is 0 Å². The van der Waals surface area contributed by atoms with Crippen LogP contribution in [0.2, 0.25) is 0 Å². The minimum Gasteiger partial charge on any atom is -0.396 e. The molecule has 4 nitrogen and oxygen atoms in total. The van der Waals surface area contributed by atoms with Crippen molar-refractivity contribution in [2.75, 3.05) is 6.61 Å². The van der Waals surface area contributed by atoms with E-state index in [-0.39, 0.29) is 24.5 Å². The number of fused-ring (bicyclic) bond motifs is 1. The molecule has 102 valence electrons. The zero-order chi connectivity index (χ0) is 13.9. The molecule has 0 aliphatic heterocycles. The molecule has 0 bridgehead atoms. The SMILES string of the molecule is O=C(N[C@@H]1C=C[C@H](CO)C1)c1ccc2ncccc2c1. The minimum atomic E-state index is -0.0935. The molecule has 1 amide bonds. The number of benzene rings is 1. The second kappa shape index (κ2) is 5.43. The lowest BCUT2D eigenvalue weighted by Gasteiger charge is -2.13. The molecule has 0 saturated heterocycles. The fraction of sp³-hybridized carbons (Fsp3) is 0.250. The van der Waals surface area contributed by atoms with Crippen molar-refractivity contribution in [1.29, 1.82) is 0 Å². The zero-order valence-corrected chi connectivity index (χ0v) is 11.0. The summed E-state index contributed by atoms with van der Waals surface area (Å²) < 4.78 is 0. The van der Waals surface area contributed by atoms with Crippen molar-refractivity contribution in [2.24, 2.45) is 5.92 Å². The topological polar surface area (TPSA) is 62.2 Å². The summed E-state index contributed by atoms with van der Waals surface area (Å²) in [5.41, 5.74) is 1.51. The largest absolute Gasteiger partial charge is 0.396 e. The number of hydrogen-bond donors (Lipinski definition) is 2. The van der Waals surface area contributed by atoms with E-state index in [1.165, 1.54) is 0 Å². The van der Waals surface area contributed by atoms with Gasteiger partial charge in [0.15, 0.2) is 0 Å². The first-order valence-corrected chi connectivity index (χ1v) is 6.71. The number of rotatable bonds is 3. The average molecular weight is 268 g/mol. The summed E-state index contributed by atoms with van der Waals surface area (Å²) in [5.74, 6) is 0.0603. The average Bonchev–Trinajstić information content (AvgIpc) is 2.94. The number of carbonyl (C=O) groups excluding carboxylic acids is 1. The van der Waals surface area contributed by atoms with E-state index in [1.54, 1.807) is 12.3 Å². The number of aromatic nitrogens is 1. The molecule has 2 N–H and O–H groups in total. The number of nitrogens with one attached hydrogen (secondary N) is 1.